The van der Waals surface area contributed by atoms with Crippen molar-refractivity contribution in [1.29, 1.82) is 0 Å². The zero-order valence-corrected chi connectivity index (χ0v) is 9.93. The summed E-state index contributed by atoms with van der Waals surface area (Å²) in [6.45, 7) is 3.93. The molecule has 0 bridgehead atoms. The fourth-order valence-corrected chi connectivity index (χ4v) is 1.65. The fraction of sp³-hybridized carbons (Fsp3) is 0.778. The van der Waals surface area contributed by atoms with Gasteiger partial charge < -0.3 is 10.5 Å². The van der Waals surface area contributed by atoms with Crippen LogP contribution in [0.1, 0.15) is 20.3 Å². The van der Waals surface area contributed by atoms with Crippen molar-refractivity contribution in [3.63, 3.8) is 0 Å². The van der Waals surface area contributed by atoms with Crippen LogP contribution in [0.4, 0.5) is 4.79 Å². The molecule has 0 heterocycles. The van der Waals surface area contributed by atoms with Crippen LogP contribution in [0.5, 0.6) is 0 Å². The number of nitrogens with one attached hydrogen (secondary N) is 1. The number of hydrogen-bond acceptors (Lipinski definition) is 5. The van der Waals surface area contributed by atoms with E-state index < -0.39 is 6.09 Å². The summed E-state index contributed by atoms with van der Waals surface area (Å²) in [5.41, 5.74) is 5.66. The topological polar surface area (TPSA) is 81.4 Å². The molecule has 0 aromatic rings. The Bertz CT molecular complexity index is 212. The highest BCUT2D eigenvalue weighted by Crippen LogP contribution is 2.03. The van der Waals surface area contributed by atoms with Gasteiger partial charge in [-0.2, -0.15) is 11.8 Å². The van der Waals surface area contributed by atoms with Gasteiger partial charge in [-0.15, -0.1) is 0 Å². The SMILES string of the molecule is CCOC(=O)NC(=O)CSCC(N)CC. The van der Waals surface area contributed by atoms with Gasteiger partial charge in [-0.3, -0.25) is 10.1 Å². The predicted octanol–water partition coefficient (Wildman–Crippen LogP) is 0.730. The molecular formula is C9H18N2O3S. The highest BCUT2D eigenvalue weighted by molar-refractivity contribution is 8.00. The highest BCUT2D eigenvalue weighted by atomic mass is 32.2. The smallest absolute Gasteiger partial charge is 0.413 e. The molecule has 2 amide bonds. The molecule has 3 N–H and O–H groups in total. The Labute approximate surface area is 94.1 Å². The van der Waals surface area contributed by atoms with Gasteiger partial charge in [0.2, 0.25) is 5.91 Å². The van der Waals surface area contributed by atoms with E-state index in [-0.39, 0.29) is 24.3 Å². The number of thioether (sulfide) groups is 1. The van der Waals surface area contributed by atoms with Crippen LogP contribution in [0, 0.1) is 0 Å². The van der Waals surface area contributed by atoms with E-state index in [1.54, 1.807) is 6.92 Å². The van der Waals surface area contributed by atoms with Crippen molar-refractivity contribution < 1.29 is 14.3 Å². The van der Waals surface area contributed by atoms with Crippen molar-refractivity contribution in [3.8, 4) is 0 Å². The minimum absolute atomic E-state index is 0.102. The quantitative estimate of drug-likeness (QED) is 0.708. The second-order valence-electron chi connectivity index (χ2n) is 2.95. The maximum atomic E-state index is 11.1. The van der Waals surface area contributed by atoms with Crippen LogP contribution in [0.3, 0.4) is 0 Å². The van der Waals surface area contributed by atoms with Crippen LogP contribution < -0.4 is 11.1 Å². The van der Waals surface area contributed by atoms with Gasteiger partial charge in [0.1, 0.15) is 0 Å². The molecule has 0 radical (unpaired) electrons. The van der Waals surface area contributed by atoms with E-state index in [0.717, 1.165) is 6.42 Å². The van der Waals surface area contributed by atoms with Crippen LogP contribution in [0.15, 0.2) is 0 Å². The van der Waals surface area contributed by atoms with Crippen molar-refractivity contribution in [2.75, 3.05) is 18.1 Å². The number of hydrogen-bond donors (Lipinski definition) is 2. The molecule has 1 unspecified atom stereocenters. The van der Waals surface area contributed by atoms with E-state index in [1.165, 1.54) is 11.8 Å². The number of alkyl carbamates (subject to hydrolysis) is 1. The summed E-state index contributed by atoms with van der Waals surface area (Å²) in [5.74, 6) is 0.598. The molecule has 0 fully saturated rings. The summed E-state index contributed by atoms with van der Waals surface area (Å²) >= 11 is 1.41. The molecule has 0 saturated carbocycles. The monoisotopic (exact) mass is 234 g/mol. The summed E-state index contributed by atoms with van der Waals surface area (Å²) in [6, 6.07) is 0.102. The molecule has 0 aliphatic rings. The Balaban J connectivity index is 3.53. The van der Waals surface area contributed by atoms with Crippen molar-refractivity contribution in [2.24, 2.45) is 5.73 Å². The van der Waals surface area contributed by atoms with Gasteiger partial charge in [-0.05, 0) is 13.3 Å². The first-order chi connectivity index (χ1) is 7.10. The Morgan fingerprint density at radius 3 is 2.67 bits per heavy atom. The maximum Gasteiger partial charge on any atom is 0.413 e. The molecule has 0 aromatic heterocycles. The number of ether oxygens (including phenoxy) is 1. The molecule has 0 aliphatic carbocycles. The van der Waals surface area contributed by atoms with Gasteiger partial charge in [0.15, 0.2) is 0 Å². The zero-order chi connectivity index (χ0) is 11.7. The van der Waals surface area contributed by atoms with Crippen LogP contribution in [0.25, 0.3) is 0 Å². The van der Waals surface area contributed by atoms with Gasteiger partial charge >= 0.3 is 6.09 Å². The van der Waals surface area contributed by atoms with Gasteiger partial charge in [-0.25, -0.2) is 4.79 Å². The third kappa shape index (κ3) is 8.26. The van der Waals surface area contributed by atoms with Crippen molar-refractivity contribution in [3.05, 3.63) is 0 Å². The minimum atomic E-state index is -0.692. The number of nitrogens with two attached hydrogens (primary N) is 1. The van der Waals surface area contributed by atoms with Crippen LogP contribution in [0.2, 0.25) is 0 Å². The van der Waals surface area contributed by atoms with E-state index in [2.05, 4.69) is 10.1 Å². The second-order valence-corrected chi connectivity index (χ2v) is 3.98. The number of amides is 2. The maximum absolute atomic E-state index is 11.1. The molecular weight excluding hydrogens is 216 g/mol. The first-order valence-corrected chi connectivity index (χ1v) is 6.05. The fourth-order valence-electron chi connectivity index (χ4n) is 0.738. The number of imide groups is 1. The molecule has 15 heavy (non-hydrogen) atoms. The molecule has 0 rings (SSSR count). The lowest BCUT2D eigenvalue weighted by Gasteiger charge is -2.07. The molecule has 0 aromatic carbocycles. The van der Waals surface area contributed by atoms with Gasteiger partial charge in [0, 0.05) is 11.8 Å². The normalized spacial score (nSPS) is 11.9. The summed E-state index contributed by atoms with van der Waals surface area (Å²) in [5, 5.41) is 2.11. The van der Waals surface area contributed by atoms with E-state index in [0.29, 0.717) is 5.75 Å². The third-order valence-electron chi connectivity index (χ3n) is 1.61. The van der Waals surface area contributed by atoms with Crippen molar-refractivity contribution >= 4 is 23.8 Å². The lowest BCUT2D eigenvalue weighted by Crippen LogP contribution is -2.33. The Morgan fingerprint density at radius 2 is 2.13 bits per heavy atom. The average molecular weight is 234 g/mol. The lowest BCUT2D eigenvalue weighted by atomic mass is 10.3. The molecule has 88 valence electrons. The second kappa shape index (κ2) is 8.55. The summed E-state index contributed by atoms with van der Waals surface area (Å²) in [4.78, 5) is 21.9. The summed E-state index contributed by atoms with van der Waals surface area (Å²) in [7, 11) is 0. The Kier molecular flexibility index (Phi) is 8.12. The summed E-state index contributed by atoms with van der Waals surface area (Å²) in [6.07, 6.45) is 0.190. The largest absolute Gasteiger partial charge is 0.450 e. The molecule has 0 saturated heterocycles. The van der Waals surface area contributed by atoms with Gasteiger partial charge in [0.25, 0.3) is 0 Å². The first kappa shape index (κ1) is 14.2. The molecule has 1 atom stereocenters. The average Bonchev–Trinajstić information content (AvgIpc) is 2.17. The molecule has 0 spiro atoms. The molecule has 0 aliphatic heterocycles. The van der Waals surface area contributed by atoms with Crippen LogP contribution in [-0.4, -0.2) is 36.2 Å². The number of carbonyl (C=O) groups is 2. The highest BCUT2D eigenvalue weighted by Gasteiger charge is 2.08. The van der Waals surface area contributed by atoms with E-state index in [1.807, 2.05) is 6.92 Å². The van der Waals surface area contributed by atoms with Crippen molar-refractivity contribution in [2.45, 2.75) is 26.3 Å². The first-order valence-electron chi connectivity index (χ1n) is 4.90. The lowest BCUT2D eigenvalue weighted by molar-refractivity contribution is -0.117. The molecule has 5 nitrogen and oxygen atoms in total. The van der Waals surface area contributed by atoms with Crippen molar-refractivity contribution in [1.82, 2.24) is 5.32 Å². The third-order valence-corrected chi connectivity index (χ3v) is 2.74. The zero-order valence-electron chi connectivity index (χ0n) is 9.12. The number of carbonyl (C=O) groups excluding carboxylic acids is 2. The van der Waals surface area contributed by atoms with Crippen LogP contribution >= 0.6 is 11.8 Å². The summed E-state index contributed by atoms with van der Waals surface area (Å²) < 4.78 is 4.56. The van der Waals surface area contributed by atoms with Gasteiger partial charge in [0.05, 0.1) is 12.4 Å². The number of rotatable bonds is 6. The Morgan fingerprint density at radius 1 is 1.47 bits per heavy atom. The van der Waals surface area contributed by atoms with E-state index in [9.17, 15) is 9.59 Å². The Hall–Kier alpha value is -0.750. The van der Waals surface area contributed by atoms with E-state index in [4.69, 9.17) is 5.73 Å². The van der Waals surface area contributed by atoms with Gasteiger partial charge in [-0.1, -0.05) is 6.92 Å². The van der Waals surface area contributed by atoms with Crippen LogP contribution in [-0.2, 0) is 9.53 Å². The predicted molar refractivity (Wildman–Crippen MR) is 60.8 cm³/mol. The standard InChI is InChI=1S/C9H18N2O3S/c1-3-7(10)5-15-6-8(12)11-9(13)14-4-2/h7H,3-6,10H2,1-2H3,(H,11,12,13). The molecule has 6 heteroatoms. The van der Waals surface area contributed by atoms with E-state index >= 15 is 0 Å². The minimum Gasteiger partial charge on any atom is -0.450 e.